The molecule has 2 heteroatoms. The van der Waals surface area contributed by atoms with Crippen LogP contribution < -0.4 is 0 Å². The Balaban J connectivity index is 2.54. The van der Waals surface area contributed by atoms with E-state index in [1.165, 1.54) is 0 Å². The highest BCUT2D eigenvalue weighted by Crippen LogP contribution is 2.18. The van der Waals surface area contributed by atoms with Crippen molar-refractivity contribution in [2.24, 2.45) is 0 Å². The van der Waals surface area contributed by atoms with Gasteiger partial charge >= 0.3 is 0 Å². The van der Waals surface area contributed by atoms with Gasteiger partial charge in [0.25, 0.3) is 0 Å². The van der Waals surface area contributed by atoms with Gasteiger partial charge in [0, 0.05) is 25.1 Å². The van der Waals surface area contributed by atoms with Crippen molar-refractivity contribution >= 4 is 5.91 Å². The highest BCUT2D eigenvalue weighted by Gasteiger charge is 2.21. The molecule has 0 aliphatic carbocycles. The summed E-state index contributed by atoms with van der Waals surface area (Å²) in [7, 11) is 0. The number of amides is 1. The number of carbonyl (C=O) groups excluding carboxylic acids is 1. The fourth-order valence-corrected chi connectivity index (χ4v) is 1.71. The molecule has 1 aliphatic rings. The van der Waals surface area contributed by atoms with Crippen LogP contribution in [0.1, 0.15) is 39.5 Å². The van der Waals surface area contributed by atoms with E-state index in [1.807, 2.05) is 17.9 Å². The minimum Gasteiger partial charge on any atom is -0.316 e. The van der Waals surface area contributed by atoms with Gasteiger partial charge in [0.15, 0.2) is 0 Å². The second kappa shape index (κ2) is 5.63. The van der Waals surface area contributed by atoms with Crippen molar-refractivity contribution in [1.29, 1.82) is 0 Å². The van der Waals surface area contributed by atoms with Crippen molar-refractivity contribution in [2.75, 3.05) is 6.54 Å². The molecule has 1 fully saturated rings. The molecule has 14 heavy (non-hydrogen) atoms. The lowest BCUT2D eigenvalue weighted by Crippen LogP contribution is -2.23. The Morgan fingerprint density at radius 2 is 2.29 bits per heavy atom. The summed E-state index contributed by atoms with van der Waals surface area (Å²) < 4.78 is 0. The van der Waals surface area contributed by atoms with Crippen molar-refractivity contribution < 1.29 is 4.79 Å². The van der Waals surface area contributed by atoms with Crippen molar-refractivity contribution in [3.8, 4) is 0 Å². The van der Waals surface area contributed by atoms with Crippen molar-refractivity contribution in [3.63, 3.8) is 0 Å². The van der Waals surface area contributed by atoms with Crippen LogP contribution in [0.3, 0.4) is 0 Å². The maximum Gasteiger partial charge on any atom is 0.226 e. The molecule has 1 rings (SSSR count). The van der Waals surface area contributed by atoms with Gasteiger partial charge in [-0.15, -0.1) is 0 Å². The van der Waals surface area contributed by atoms with Crippen molar-refractivity contribution in [3.05, 3.63) is 23.9 Å². The average Bonchev–Trinajstić information content (AvgIpc) is 2.60. The monoisotopic (exact) mass is 193 g/mol. The van der Waals surface area contributed by atoms with Gasteiger partial charge in [-0.2, -0.15) is 0 Å². The van der Waals surface area contributed by atoms with E-state index < -0.39 is 0 Å². The third-order valence-corrected chi connectivity index (χ3v) is 2.48. The van der Waals surface area contributed by atoms with E-state index >= 15 is 0 Å². The first kappa shape index (κ1) is 11.0. The number of hydrogen-bond donors (Lipinski definition) is 0. The van der Waals surface area contributed by atoms with Crippen molar-refractivity contribution in [2.45, 2.75) is 39.5 Å². The SMILES string of the molecule is C/C=C(\C/C=C\CC)N1CCCC1=O. The number of likely N-dealkylation sites (tertiary alicyclic amines) is 1. The normalized spacial score (nSPS) is 18.6. The molecule has 0 radical (unpaired) electrons. The van der Waals surface area contributed by atoms with Gasteiger partial charge in [-0.1, -0.05) is 25.2 Å². The molecule has 0 aromatic heterocycles. The summed E-state index contributed by atoms with van der Waals surface area (Å²) in [6.07, 6.45) is 10.00. The summed E-state index contributed by atoms with van der Waals surface area (Å²) in [6.45, 7) is 5.02. The zero-order chi connectivity index (χ0) is 10.4. The van der Waals surface area contributed by atoms with Crippen LogP contribution >= 0.6 is 0 Å². The lowest BCUT2D eigenvalue weighted by atomic mass is 10.2. The molecule has 0 saturated carbocycles. The van der Waals surface area contributed by atoms with E-state index in [9.17, 15) is 4.79 Å². The first-order valence-electron chi connectivity index (χ1n) is 5.40. The Hall–Kier alpha value is -1.05. The predicted molar refractivity (Wildman–Crippen MR) is 58.8 cm³/mol. The minimum absolute atomic E-state index is 0.281. The second-order valence-corrected chi connectivity index (χ2v) is 3.51. The van der Waals surface area contributed by atoms with Crippen LogP contribution in [0, 0.1) is 0 Å². The number of carbonyl (C=O) groups is 1. The van der Waals surface area contributed by atoms with Gasteiger partial charge < -0.3 is 4.90 Å². The molecule has 1 saturated heterocycles. The fraction of sp³-hybridized carbons (Fsp3) is 0.583. The van der Waals surface area contributed by atoms with Gasteiger partial charge in [-0.05, 0) is 19.8 Å². The average molecular weight is 193 g/mol. The Labute approximate surface area is 86.3 Å². The maximum absolute atomic E-state index is 11.5. The highest BCUT2D eigenvalue weighted by molar-refractivity contribution is 5.80. The third kappa shape index (κ3) is 2.72. The summed E-state index contributed by atoms with van der Waals surface area (Å²) in [5.74, 6) is 0.281. The topological polar surface area (TPSA) is 20.3 Å². The molecule has 0 aromatic rings. The lowest BCUT2D eigenvalue weighted by molar-refractivity contribution is -0.126. The third-order valence-electron chi connectivity index (χ3n) is 2.48. The molecule has 1 heterocycles. The molecule has 0 bridgehead atoms. The molecular formula is C12H19NO. The van der Waals surface area contributed by atoms with Crippen LogP contribution in [-0.2, 0) is 4.79 Å². The van der Waals surface area contributed by atoms with Gasteiger partial charge in [-0.3, -0.25) is 4.79 Å². The summed E-state index contributed by atoms with van der Waals surface area (Å²) in [5, 5.41) is 0. The van der Waals surface area contributed by atoms with E-state index in [0.29, 0.717) is 0 Å². The van der Waals surface area contributed by atoms with E-state index in [0.717, 1.165) is 37.9 Å². The Morgan fingerprint density at radius 3 is 2.79 bits per heavy atom. The summed E-state index contributed by atoms with van der Waals surface area (Å²) >= 11 is 0. The van der Waals surface area contributed by atoms with Crippen LogP contribution in [0.2, 0.25) is 0 Å². The molecule has 0 atom stereocenters. The predicted octanol–water partition coefficient (Wildman–Crippen LogP) is 2.87. The zero-order valence-electron chi connectivity index (χ0n) is 9.12. The van der Waals surface area contributed by atoms with Crippen LogP contribution in [0.4, 0.5) is 0 Å². The number of allylic oxidation sites excluding steroid dienone is 3. The highest BCUT2D eigenvalue weighted by atomic mass is 16.2. The first-order valence-corrected chi connectivity index (χ1v) is 5.40. The van der Waals surface area contributed by atoms with Gasteiger partial charge in [0.1, 0.15) is 0 Å². The summed E-state index contributed by atoms with van der Waals surface area (Å²) in [5.41, 5.74) is 1.15. The molecule has 2 nitrogen and oxygen atoms in total. The van der Waals surface area contributed by atoms with E-state index in [2.05, 4.69) is 19.1 Å². The van der Waals surface area contributed by atoms with Crippen LogP contribution in [0.5, 0.6) is 0 Å². The van der Waals surface area contributed by atoms with Gasteiger partial charge in [0.05, 0.1) is 0 Å². The molecule has 0 aromatic carbocycles. The number of rotatable bonds is 4. The smallest absolute Gasteiger partial charge is 0.226 e. The Bertz CT molecular complexity index is 253. The second-order valence-electron chi connectivity index (χ2n) is 3.51. The lowest BCUT2D eigenvalue weighted by Gasteiger charge is -2.18. The molecule has 1 amide bonds. The zero-order valence-corrected chi connectivity index (χ0v) is 9.12. The molecule has 1 aliphatic heterocycles. The maximum atomic E-state index is 11.5. The Kier molecular flexibility index (Phi) is 4.44. The minimum atomic E-state index is 0.281. The van der Waals surface area contributed by atoms with Gasteiger partial charge in [0.2, 0.25) is 5.91 Å². The molecule has 0 unspecified atom stereocenters. The largest absolute Gasteiger partial charge is 0.316 e. The van der Waals surface area contributed by atoms with E-state index in [-0.39, 0.29) is 5.91 Å². The molecule has 0 spiro atoms. The molecule has 78 valence electrons. The fourth-order valence-electron chi connectivity index (χ4n) is 1.71. The summed E-state index contributed by atoms with van der Waals surface area (Å²) in [4.78, 5) is 13.4. The van der Waals surface area contributed by atoms with Crippen LogP contribution in [-0.4, -0.2) is 17.4 Å². The van der Waals surface area contributed by atoms with Crippen LogP contribution in [0.15, 0.2) is 23.9 Å². The first-order chi connectivity index (χ1) is 6.79. The Morgan fingerprint density at radius 1 is 1.50 bits per heavy atom. The van der Waals surface area contributed by atoms with E-state index in [4.69, 9.17) is 0 Å². The molecule has 0 N–H and O–H groups in total. The van der Waals surface area contributed by atoms with Gasteiger partial charge in [-0.25, -0.2) is 0 Å². The van der Waals surface area contributed by atoms with Crippen LogP contribution in [0.25, 0.3) is 0 Å². The van der Waals surface area contributed by atoms with Crippen molar-refractivity contribution in [1.82, 2.24) is 4.90 Å². The number of hydrogen-bond acceptors (Lipinski definition) is 1. The molecular weight excluding hydrogens is 174 g/mol. The summed E-state index contributed by atoms with van der Waals surface area (Å²) in [6, 6.07) is 0. The number of nitrogens with zero attached hydrogens (tertiary/aromatic N) is 1. The van der Waals surface area contributed by atoms with E-state index in [1.54, 1.807) is 0 Å². The quantitative estimate of drug-likeness (QED) is 0.629. The standard InChI is InChI=1S/C12H19NO/c1-3-5-6-8-11(4-2)13-10-7-9-12(13)14/h4-6H,3,7-10H2,1-2H3/b6-5-,11-4+.